The third kappa shape index (κ3) is 4.85. The number of ether oxygens (including phenoxy) is 1. The molecule has 0 bridgehead atoms. The lowest BCUT2D eigenvalue weighted by Gasteiger charge is -2.18. The van der Waals surface area contributed by atoms with Gasteiger partial charge in [0.05, 0.1) is 29.1 Å². The molecule has 4 rings (SSSR count). The van der Waals surface area contributed by atoms with Crippen molar-refractivity contribution in [1.29, 1.82) is 0 Å². The topological polar surface area (TPSA) is 131 Å². The lowest BCUT2D eigenvalue weighted by Crippen LogP contribution is -2.25. The molecule has 1 aliphatic rings. The smallest absolute Gasteiger partial charge is 0.312 e. The lowest BCUT2D eigenvalue weighted by molar-refractivity contribution is -0.385. The zero-order valence-corrected chi connectivity index (χ0v) is 19.4. The van der Waals surface area contributed by atoms with Gasteiger partial charge in [0.1, 0.15) is 5.75 Å². The Morgan fingerprint density at radius 1 is 1.44 bits per heavy atom. The van der Waals surface area contributed by atoms with Gasteiger partial charge in [-0.05, 0) is 31.2 Å². The summed E-state index contributed by atoms with van der Waals surface area (Å²) in [4.78, 5) is 27.3. The number of hydrogen-bond donors (Lipinski definition) is 2. The molecule has 0 fully saturated rings. The van der Waals surface area contributed by atoms with Crippen molar-refractivity contribution < 1.29 is 19.6 Å². The Balaban J connectivity index is 1.82. The van der Waals surface area contributed by atoms with Crippen LogP contribution >= 0.6 is 22.9 Å². The monoisotopic (exact) mass is 499 g/mol. The molecule has 0 saturated heterocycles. The number of carbonyl (C=O) groups is 1. The first-order valence-electron chi connectivity index (χ1n) is 9.86. The Bertz CT molecular complexity index is 1430. The number of aromatic nitrogens is 1. The third-order valence-electron chi connectivity index (χ3n) is 4.67. The molecule has 0 saturated carbocycles. The number of halogens is 1. The Hall–Kier alpha value is -3.96. The number of hydrogen-bond acceptors (Lipinski definition) is 8. The predicted molar refractivity (Wildman–Crippen MR) is 130 cm³/mol. The molecule has 0 radical (unpaired) electrons. The number of thiazole rings is 1. The first-order valence-corrected chi connectivity index (χ1v) is 11.1. The molecule has 1 aromatic heterocycles. The van der Waals surface area contributed by atoms with E-state index in [2.05, 4.69) is 22.0 Å². The van der Waals surface area contributed by atoms with Gasteiger partial charge in [-0.15, -0.1) is 11.3 Å². The molecule has 1 amide bonds. The molecule has 2 N–H and O–H groups in total. The summed E-state index contributed by atoms with van der Waals surface area (Å²) in [5.74, 6) is -0.252. The van der Waals surface area contributed by atoms with E-state index in [4.69, 9.17) is 16.3 Å². The quantitative estimate of drug-likeness (QED) is 0.227. The number of rotatable bonds is 6. The highest BCUT2D eigenvalue weighted by Gasteiger charge is 2.19. The molecule has 34 heavy (non-hydrogen) atoms. The maximum atomic E-state index is 11.7. The van der Waals surface area contributed by atoms with Crippen LogP contribution in [0.4, 0.5) is 11.4 Å². The number of amides is 1. The van der Waals surface area contributed by atoms with Crippen molar-refractivity contribution in [1.82, 2.24) is 4.68 Å². The van der Waals surface area contributed by atoms with Gasteiger partial charge in [0.15, 0.2) is 6.61 Å². The second-order valence-corrected chi connectivity index (χ2v) is 8.67. The summed E-state index contributed by atoms with van der Waals surface area (Å²) >= 11 is 7.32. The van der Waals surface area contributed by atoms with Gasteiger partial charge < -0.3 is 15.2 Å². The van der Waals surface area contributed by atoms with E-state index in [0.717, 1.165) is 17.2 Å². The van der Waals surface area contributed by atoms with Gasteiger partial charge in [0.25, 0.3) is 5.91 Å². The highest BCUT2D eigenvalue weighted by atomic mass is 35.5. The number of nitro benzene ring substituents is 1. The van der Waals surface area contributed by atoms with Crippen LogP contribution in [0, 0.1) is 10.1 Å². The molecule has 0 unspecified atom stereocenters. The Morgan fingerprint density at radius 2 is 2.24 bits per heavy atom. The minimum absolute atomic E-state index is 0.0473. The second kappa shape index (κ2) is 9.49. The summed E-state index contributed by atoms with van der Waals surface area (Å²) < 4.78 is 6.95. The Morgan fingerprint density at radius 3 is 2.97 bits per heavy atom. The number of carbonyl (C=O) groups excluding carboxylic acids is 1. The summed E-state index contributed by atoms with van der Waals surface area (Å²) in [6.45, 7) is 6.03. The molecule has 10 nitrogen and oxygen atoms in total. The van der Waals surface area contributed by atoms with Crippen LogP contribution in [-0.2, 0) is 4.79 Å². The van der Waals surface area contributed by atoms with E-state index in [-0.39, 0.29) is 23.1 Å². The van der Waals surface area contributed by atoms with Crippen LogP contribution in [0.2, 0.25) is 5.02 Å². The molecule has 174 valence electrons. The van der Waals surface area contributed by atoms with Crippen molar-refractivity contribution >= 4 is 46.4 Å². The van der Waals surface area contributed by atoms with Crippen LogP contribution in [0.25, 0.3) is 11.3 Å². The van der Waals surface area contributed by atoms with Crippen molar-refractivity contribution in [3.8, 4) is 22.8 Å². The fourth-order valence-corrected chi connectivity index (χ4v) is 4.18. The maximum Gasteiger partial charge on any atom is 0.312 e. The second-order valence-electron chi connectivity index (χ2n) is 7.40. The fourth-order valence-electron chi connectivity index (χ4n) is 3.13. The standard InChI is InChI=1S/C22H18ClN5O5S/c1-12(2)8-24-22-27(25-9-14-5-15(23)7-17(21(14)30)28(31)32)18(11-34-22)13-3-4-19-16(6-13)26-20(29)10-33-19/h3-7,9,11,30H,1,8,10H2,2H3,(H,26,29). The molecule has 1 aliphatic heterocycles. The van der Waals surface area contributed by atoms with E-state index in [9.17, 15) is 20.0 Å². The molecular formula is C22H18ClN5O5S. The van der Waals surface area contributed by atoms with Crippen LogP contribution in [0.5, 0.6) is 11.5 Å². The number of fused-ring (bicyclic) bond motifs is 1. The average molecular weight is 500 g/mol. The van der Waals surface area contributed by atoms with Crippen LogP contribution in [0.1, 0.15) is 12.5 Å². The van der Waals surface area contributed by atoms with Crippen LogP contribution in [0.3, 0.4) is 0 Å². The Kier molecular flexibility index (Phi) is 6.48. The lowest BCUT2D eigenvalue weighted by atomic mass is 10.1. The molecular weight excluding hydrogens is 482 g/mol. The highest BCUT2D eigenvalue weighted by Crippen LogP contribution is 2.34. The number of anilines is 1. The number of nitrogens with one attached hydrogen (secondary N) is 1. The molecule has 0 spiro atoms. The number of nitrogens with zero attached hydrogens (tertiary/aromatic N) is 4. The van der Waals surface area contributed by atoms with Gasteiger partial charge in [-0.3, -0.25) is 19.9 Å². The number of aromatic hydroxyl groups is 1. The van der Waals surface area contributed by atoms with Crippen molar-refractivity contribution in [2.45, 2.75) is 6.92 Å². The van der Waals surface area contributed by atoms with Crippen LogP contribution in [-0.4, -0.2) is 40.0 Å². The summed E-state index contributed by atoms with van der Waals surface area (Å²) in [5.41, 5.74) is 2.28. The molecule has 3 aromatic rings. The van der Waals surface area contributed by atoms with Gasteiger partial charge in [-0.25, -0.2) is 4.68 Å². The number of phenolic OH excluding ortho intramolecular Hbond substituents is 1. The van der Waals surface area contributed by atoms with E-state index in [1.54, 1.807) is 12.1 Å². The minimum Gasteiger partial charge on any atom is -0.502 e. The van der Waals surface area contributed by atoms with Crippen LogP contribution in [0.15, 0.2) is 58.0 Å². The Labute approximate surface area is 202 Å². The fraction of sp³-hybridized carbons (Fsp3) is 0.136. The highest BCUT2D eigenvalue weighted by molar-refractivity contribution is 7.07. The molecule has 2 aromatic carbocycles. The van der Waals surface area contributed by atoms with Crippen molar-refractivity contribution in [3.63, 3.8) is 0 Å². The SMILES string of the molecule is C=C(C)CN=c1scc(-c2ccc3c(c2)NC(=O)CO3)n1N=Cc1cc(Cl)cc([N+](=O)[O-])c1O. The zero-order chi connectivity index (χ0) is 24.4. The molecule has 2 heterocycles. The van der Waals surface area contributed by atoms with Crippen molar-refractivity contribution in [3.05, 3.63) is 73.4 Å². The maximum absolute atomic E-state index is 11.7. The summed E-state index contributed by atoms with van der Waals surface area (Å²) in [5, 5.41) is 30.7. The summed E-state index contributed by atoms with van der Waals surface area (Å²) in [6, 6.07) is 7.75. The summed E-state index contributed by atoms with van der Waals surface area (Å²) in [7, 11) is 0. The number of nitro groups is 1. The van der Waals surface area contributed by atoms with Gasteiger partial charge >= 0.3 is 5.69 Å². The van der Waals surface area contributed by atoms with Crippen LogP contribution < -0.4 is 14.9 Å². The normalized spacial score (nSPS) is 13.5. The van der Waals surface area contributed by atoms with Gasteiger partial charge in [0, 0.05) is 27.6 Å². The minimum atomic E-state index is -0.723. The van der Waals surface area contributed by atoms with E-state index < -0.39 is 16.4 Å². The average Bonchev–Trinajstić information content (AvgIpc) is 3.20. The first kappa shape index (κ1) is 23.2. The number of benzene rings is 2. The molecule has 0 atom stereocenters. The van der Waals surface area contributed by atoms with Crippen molar-refractivity contribution in [2.24, 2.45) is 10.1 Å². The predicted octanol–water partition coefficient (Wildman–Crippen LogP) is 4.17. The van der Waals surface area contributed by atoms with Gasteiger partial charge in [-0.2, -0.15) is 5.10 Å². The van der Waals surface area contributed by atoms with E-state index in [1.807, 2.05) is 18.4 Å². The molecule has 12 heteroatoms. The molecule has 0 aliphatic carbocycles. The largest absolute Gasteiger partial charge is 0.502 e. The van der Waals surface area contributed by atoms with Gasteiger partial charge in [0.2, 0.25) is 10.6 Å². The third-order valence-corrected chi connectivity index (χ3v) is 5.74. The van der Waals surface area contributed by atoms with E-state index >= 15 is 0 Å². The van der Waals surface area contributed by atoms with Gasteiger partial charge in [-0.1, -0.05) is 23.8 Å². The first-order chi connectivity index (χ1) is 16.2. The van der Waals surface area contributed by atoms with E-state index in [1.165, 1.54) is 28.3 Å². The zero-order valence-electron chi connectivity index (χ0n) is 17.8. The number of phenols is 1. The summed E-state index contributed by atoms with van der Waals surface area (Å²) in [6.07, 6.45) is 1.27. The van der Waals surface area contributed by atoms with Crippen molar-refractivity contribution in [2.75, 3.05) is 18.5 Å². The van der Waals surface area contributed by atoms with E-state index in [0.29, 0.717) is 28.5 Å².